The van der Waals surface area contributed by atoms with Crippen molar-refractivity contribution in [2.75, 3.05) is 29.6 Å². The Balaban J connectivity index is -0.0000000512. The number of allylic oxidation sites excluding steroid dienone is 2. The normalized spacial score (nSPS) is 8.64. The van der Waals surface area contributed by atoms with Crippen molar-refractivity contribution in [1.82, 2.24) is 4.90 Å². The molecular formula is C55H69Fe2N16O6S4V-3. The van der Waals surface area contributed by atoms with E-state index in [1.807, 2.05) is 58.2 Å². The van der Waals surface area contributed by atoms with Gasteiger partial charge in [-0.15, -0.1) is 0 Å². The van der Waals surface area contributed by atoms with Crippen LogP contribution in [0.1, 0.15) is 111 Å². The quantitative estimate of drug-likeness (QED) is 0.0256. The summed E-state index contributed by atoms with van der Waals surface area (Å²) >= 11 is 9.11. The molecule has 0 aromatic carbocycles. The molecule has 0 fully saturated rings. The monoisotopic (exact) mass is 1340 g/mol. The molecule has 0 unspecified atom stereocenters. The predicted molar refractivity (Wildman–Crippen MR) is 295 cm³/mol. The maximum Gasteiger partial charge on any atom is 4.00 e. The topological polar surface area (TPSA) is 415 Å². The predicted octanol–water partition coefficient (Wildman–Crippen LogP) is 8.25. The molecule has 0 bridgehead atoms. The van der Waals surface area contributed by atoms with Crippen molar-refractivity contribution in [3.63, 3.8) is 0 Å². The summed E-state index contributed by atoms with van der Waals surface area (Å²) < 4.78 is 69.6. The zero-order chi connectivity index (χ0) is 65.7. The van der Waals surface area contributed by atoms with Crippen molar-refractivity contribution in [1.29, 1.82) is 63.1 Å². The fourth-order valence-electron chi connectivity index (χ4n) is 5.27. The molecule has 4 rings (SSSR count). The molecule has 0 amide bonds. The molecule has 0 atom stereocenters. The van der Waals surface area contributed by atoms with Gasteiger partial charge in [-0.3, -0.25) is 0 Å². The summed E-state index contributed by atoms with van der Waals surface area (Å²) in [6, 6.07) is 12.3. The molecule has 1 aliphatic rings. The van der Waals surface area contributed by atoms with Gasteiger partial charge >= 0.3 is 52.7 Å². The molecule has 0 aliphatic carbocycles. The zero-order valence-corrected chi connectivity index (χ0v) is 53.3. The number of unbranched alkanes of at least 4 members (excludes halogenated alkanes) is 4. The Morgan fingerprint density at radius 3 is 0.917 bits per heavy atom. The van der Waals surface area contributed by atoms with Gasteiger partial charge in [0.25, 0.3) is 0 Å². The van der Waals surface area contributed by atoms with Gasteiger partial charge in [-0.1, -0.05) is 79.4 Å². The number of aromatic nitrogens is 3. The molecule has 0 N–H and O–H groups in total. The first-order valence-electron chi connectivity index (χ1n) is 22.6. The average Bonchev–Trinajstić information content (AvgIpc) is 3.53. The Morgan fingerprint density at radius 2 is 0.679 bits per heavy atom. The van der Waals surface area contributed by atoms with Crippen LogP contribution in [0, 0.1) is 142 Å². The van der Waals surface area contributed by atoms with Gasteiger partial charge in [0.15, 0.2) is 37.2 Å². The van der Waals surface area contributed by atoms with Gasteiger partial charge < -0.3 is 181 Å². The molecule has 0 spiro atoms. The Morgan fingerprint density at radius 1 is 0.440 bits per heavy atom. The van der Waals surface area contributed by atoms with Crippen molar-refractivity contribution in [2.45, 2.75) is 125 Å². The maximum atomic E-state index is 10.6. The number of aryl methyl sites for hydroxylation is 3. The number of nitrogens with zero attached hydrogens (tertiary/aromatic N) is 16. The maximum absolute atomic E-state index is 10.6. The van der Waals surface area contributed by atoms with Gasteiger partial charge in [0.1, 0.15) is 19.6 Å². The number of hydrogen-bond acceptors (Lipinski definition) is 21. The third-order valence-electron chi connectivity index (χ3n) is 8.46. The van der Waals surface area contributed by atoms with Gasteiger partial charge in [0.05, 0.1) is 20.2 Å². The molecule has 3 aromatic rings. The summed E-state index contributed by atoms with van der Waals surface area (Å²) in [5.74, 6) is 1.44. The Bertz CT molecular complexity index is 2200. The molecular weight excluding hydrogens is 1270 g/mol. The first kappa shape index (κ1) is 119. The van der Waals surface area contributed by atoms with Crippen LogP contribution in [0.25, 0.3) is 11.1 Å². The van der Waals surface area contributed by atoms with Crippen LogP contribution in [0.15, 0.2) is 98.1 Å². The summed E-state index contributed by atoms with van der Waals surface area (Å²) in [4.78, 5) is 2.22. The fraction of sp³-hybridized carbons (Fsp3) is 0.436. The first-order chi connectivity index (χ1) is 38.8. The Labute approximate surface area is 549 Å². The van der Waals surface area contributed by atoms with E-state index in [2.05, 4.69) is 111 Å². The number of hydrogen-bond donors (Lipinski definition) is 0. The molecule has 22 nitrogen and oxygen atoms in total. The molecule has 4 heterocycles. The minimum atomic E-state index is -4.12. The van der Waals surface area contributed by atoms with Crippen LogP contribution >= 0.6 is 0 Å². The van der Waals surface area contributed by atoms with Crippen LogP contribution < -0.4 is 13.7 Å². The number of rotatable bonds is 20. The van der Waals surface area contributed by atoms with E-state index < -0.39 is 20.2 Å². The summed E-state index contributed by atoms with van der Waals surface area (Å²) in [6.07, 6.45) is 30.9. The van der Waals surface area contributed by atoms with E-state index in [-0.39, 0.29) is 77.5 Å². The molecule has 1 aliphatic heterocycles. The molecule has 0 saturated carbocycles. The van der Waals surface area contributed by atoms with Gasteiger partial charge in [-0.2, -0.15) is 11.5 Å². The second-order valence-electron chi connectivity index (χ2n) is 13.5. The second kappa shape index (κ2) is 107. The molecule has 84 heavy (non-hydrogen) atoms. The average molecular weight is 1340 g/mol. The third kappa shape index (κ3) is 91.3. The molecule has 29 heteroatoms. The second-order valence-corrected chi connectivity index (χ2v) is 17.4. The molecule has 0 saturated heterocycles. The minimum absolute atomic E-state index is 0. The number of pyridine rings is 3. The summed E-state index contributed by atoms with van der Waals surface area (Å²) in [7, 11) is -8.24. The standard InChI is InChI=1S/C18H26N2O3S.C18H25N2O3S.2C3H8S.12CN.CH4.2Fe.V/c2*1-2-3-4-10-19-12-6-17(7-13-19)18-8-14-20(15-9-18)11-5-16-24(21,22)23;2*1-2-3-4;12*1-2;;;;/h6-9,12-15,17H,2-5,10-11,16H2,1H3;6-9,12-15H,2-5,10-11,16H2,1H3;2*4H,2-3H2,1H3;;;;;;;;;;;;;1H4;;;/q;+1;;;12*-1;;2*+4;+2/p-2. The van der Waals surface area contributed by atoms with Crippen molar-refractivity contribution in [3.8, 4) is 11.1 Å². The smallest absolute Gasteiger partial charge is 0.793 e. The van der Waals surface area contributed by atoms with Gasteiger partial charge in [0.2, 0.25) is 0 Å². The van der Waals surface area contributed by atoms with Crippen molar-refractivity contribution < 1.29 is 92.3 Å². The first-order valence-corrected chi connectivity index (χ1v) is 26.9. The SMILES string of the molecule is C.CCCCCN1C=CC(c2cc[n+](CCCS(=O)(=O)[O-])cc2)C=C1.CCCCC[n+]1ccc(-c2cc[n+](CCCS(=O)(=O)[O-])cc2)cc1.CCC[S-].CCC[S-].[C-]#N.[C-]#N.[C-]#N.[C-]#N.[C-]#N.[C-]#N.[C-]#N.[C-]#N.[C-]#N.[C-]#N.[C-]#N.[C-]#N.[Fe+4].[Fe+4].[V+2]. The Kier molecular flexibility index (Phi) is 153. The molecule has 1 radical (unpaired) electrons. The van der Waals surface area contributed by atoms with E-state index in [0.717, 1.165) is 48.6 Å². The van der Waals surface area contributed by atoms with E-state index in [9.17, 15) is 25.9 Å². The van der Waals surface area contributed by atoms with Crippen molar-refractivity contribution in [2.24, 2.45) is 0 Å². The van der Waals surface area contributed by atoms with Crippen LogP contribution in [0.2, 0.25) is 0 Å². The van der Waals surface area contributed by atoms with Gasteiger partial charge in [0, 0.05) is 92.0 Å². The molecule has 453 valence electrons. The van der Waals surface area contributed by atoms with Crippen LogP contribution in [-0.2, 0) is 118 Å². The van der Waals surface area contributed by atoms with Crippen LogP contribution in [0.3, 0.4) is 0 Å². The third-order valence-corrected chi connectivity index (χ3v) is 10.9. The van der Waals surface area contributed by atoms with Crippen molar-refractivity contribution >= 4 is 45.5 Å². The summed E-state index contributed by atoms with van der Waals surface area (Å²) in [6.45, 7) is 68.7. The van der Waals surface area contributed by atoms with Crippen LogP contribution in [0.4, 0.5) is 0 Å². The van der Waals surface area contributed by atoms with E-state index in [1.54, 1.807) is 0 Å². The molecule has 3 aromatic heterocycles. The zero-order valence-electron chi connectivity index (χ0n) is 46.4. The fourth-order valence-corrected chi connectivity index (χ4v) is 6.23. The van der Waals surface area contributed by atoms with Crippen LogP contribution in [0.5, 0.6) is 0 Å². The van der Waals surface area contributed by atoms with Gasteiger partial charge in [-0.25, -0.2) is 30.5 Å². The Hall–Kier alpha value is -7.25. The van der Waals surface area contributed by atoms with Crippen LogP contribution in [-0.4, -0.2) is 60.4 Å². The summed E-state index contributed by atoms with van der Waals surface area (Å²) in [5, 5.41) is 75.0. The van der Waals surface area contributed by atoms with E-state index in [1.165, 1.54) is 44.1 Å². The van der Waals surface area contributed by atoms with E-state index in [4.69, 9.17) is 142 Å². The van der Waals surface area contributed by atoms with E-state index in [0.29, 0.717) is 25.9 Å². The van der Waals surface area contributed by atoms with Gasteiger partial charge in [-0.05, 0) is 29.5 Å². The van der Waals surface area contributed by atoms with Crippen molar-refractivity contribution in [3.05, 3.63) is 183 Å². The van der Waals surface area contributed by atoms with E-state index >= 15 is 0 Å². The minimum Gasteiger partial charge on any atom is -0.793 e. The summed E-state index contributed by atoms with van der Waals surface area (Å²) in [5.41, 5.74) is 3.46. The largest absolute Gasteiger partial charge is 4.00 e.